The summed E-state index contributed by atoms with van der Waals surface area (Å²) in [6.07, 6.45) is 1.69. The fourth-order valence-corrected chi connectivity index (χ4v) is 1.57. The lowest BCUT2D eigenvalue weighted by molar-refractivity contribution is -0.130. The van der Waals surface area contributed by atoms with E-state index in [0.717, 1.165) is 5.56 Å². The predicted octanol–water partition coefficient (Wildman–Crippen LogP) is 3.68. The topological polar surface area (TPSA) is 38.7 Å². The van der Waals surface area contributed by atoms with E-state index in [9.17, 15) is 4.79 Å². The van der Waals surface area contributed by atoms with Crippen molar-refractivity contribution >= 4 is 29.5 Å². The van der Waals surface area contributed by atoms with Gasteiger partial charge in [-0.15, -0.1) is 0 Å². The molecular weight excluding hydrogens is 250 g/mol. The Morgan fingerprint density at radius 3 is 2.33 bits per heavy atom. The number of carbonyl (C=O) groups excluding carboxylic acids is 1. The van der Waals surface area contributed by atoms with Gasteiger partial charge in [0.05, 0.1) is 0 Å². The third-order valence-electron chi connectivity index (χ3n) is 2.44. The van der Waals surface area contributed by atoms with Crippen molar-refractivity contribution in [3.05, 3.63) is 40.5 Å². The quantitative estimate of drug-likeness (QED) is 0.573. The summed E-state index contributed by atoms with van der Waals surface area (Å²) in [5.74, 6) is 0.0441. The van der Waals surface area contributed by atoms with E-state index in [2.05, 4.69) is 4.99 Å². The monoisotopic (exact) mass is 263 g/mol. The van der Waals surface area contributed by atoms with E-state index >= 15 is 0 Å². The van der Waals surface area contributed by atoms with Crippen LogP contribution in [0.3, 0.4) is 0 Å². The molecule has 1 aromatic rings. The second-order valence-electron chi connectivity index (χ2n) is 5.14. The molecule has 1 aliphatic heterocycles. The molecule has 4 heteroatoms. The molecule has 0 unspecified atom stereocenters. The molecule has 0 atom stereocenters. The first-order valence-electron chi connectivity index (χ1n) is 5.65. The van der Waals surface area contributed by atoms with Crippen LogP contribution in [0.5, 0.6) is 0 Å². The van der Waals surface area contributed by atoms with E-state index < -0.39 is 5.97 Å². The molecule has 1 aliphatic rings. The van der Waals surface area contributed by atoms with Crippen LogP contribution in [0.25, 0.3) is 6.08 Å². The maximum atomic E-state index is 11.7. The van der Waals surface area contributed by atoms with Crippen molar-refractivity contribution in [2.24, 2.45) is 10.4 Å². The minimum atomic E-state index is -0.408. The van der Waals surface area contributed by atoms with E-state index in [1.165, 1.54) is 0 Å². The number of benzene rings is 1. The van der Waals surface area contributed by atoms with Gasteiger partial charge in [0.2, 0.25) is 5.90 Å². The molecule has 1 aromatic carbocycles. The average Bonchev–Trinajstić information content (AvgIpc) is 2.63. The zero-order chi connectivity index (χ0) is 13.3. The van der Waals surface area contributed by atoms with Crippen molar-refractivity contribution in [1.82, 2.24) is 0 Å². The van der Waals surface area contributed by atoms with Crippen LogP contribution >= 0.6 is 11.6 Å². The number of halogens is 1. The highest BCUT2D eigenvalue weighted by molar-refractivity contribution is 6.30. The van der Waals surface area contributed by atoms with Crippen LogP contribution in [0.15, 0.2) is 35.0 Å². The van der Waals surface area contributed by atoms with Crippen LogP contribution in [-0.4, -0.2) is 11.9 Å². The lowest BCUT2D eigenvalue weighted by Gasteiger charge is -2.15. The zero-order valence-electron chi connectivity index (χ0n) is 10.5. The summed E-state index contributed by atoms with van der Waals surface area (Å²) >= 11 is 5.80. The highest BCUT2D eigenvalue weighted by Crippen LogP contribution is 2.25. The zero-order valence-corrected chi connectivity index (χ0v) is 11.3. The summed E-state index contributed by atoms with van der Waals surface area (Å²) in [4.78, 5) is 15.9. The molecule has 0 fully saturated rings. The van der Waals surface area contributed by atoms with Gasteiger partial charge in [0.25, 0.3) is 0 Å². The van der Waals surface area contributed by atoms with Gasteiger partial charge in [0.15, 0.2) is 5.70 Å². The normalized spacial score (nSPS) is 17.9. The molecule has 1 heterocycles. The summed E-state index contributed by atoms with van der Waals surface area (Å²) < 4.78 is 5.15. The van der Waals surface area contributed by atoms with E-state index in [0.29, 0.717) is 16.6 Å². The number of hydrogen-bond acceptors (Lipinski definition) is 3. The Labute approximate surface area is 111 Å². The third kappa shape index (κ3) is 2.79. The highest BCUT2D eigenvalue weighted by Gasteiger charge is 2.31. The second-order valence-corrected chi connectivity index (χ2v) is 5.57. The first kappa shape index (κ1) is 12.8. The van der Waals surface area contributed by atoms with E-state index in [1.807, 2.05) is 32.9 Å². The summed E-state index contributed by atoms with van der Waals surface area (Å²) in [7, 11) is 0. The fraction of sp³-hybridized carbons (Fsp3) is 0.286. The Morgan fingerprint density at radius 2 is 1.83 bits per heavy atom. The number of rotatable bonds is 1. The largest absolute Gasteiger partial charge is 0.406 e. The van der Waals surface area contributed by atoms with Gasteiger partial charge in [-0.3, -0.25) is 0 Å². The first-order chi connectivity index (χ1) is 8.36. The number of ether oxygens (including phenoxy) is 1. The van der Waals surface area contributed by atoms with Crippen molar-refractivity contribution in [3.8, 4) is 0 Å². The summed E-state index contributed by atoms with van der Waals surface area (Å²) in [6, 6.07) is 7.19. The molecular formula is C14H14ClNO2. The van der Waals surface area contributed by atoms with E-state index in [-0.39, 0.29) is 5.41 Å². The molecule has 2 rings (SSSR count). The number of esters is 1. The average molecular weight is 264 g/mol. The molecule has 0 amide bonds. The Morgan fingerprint density at radius 1 is 1.22 bits per heavy atom. The number of hydrogen-bond donors (Lipinski definition) is 0. The van der Waals surface area contributed by atoms with Crippen LogP contribution in [0, 0.1) is 5.41 Å². The van der Waals surface area contributed by atoms with Gasteiger partial charge in [0, 0.05) is 10.4 Å². The van der Waals surface area contributed by atoms with E-state index in [1.54, 1.807) is 18.2 Å². The smallest absolute Gasteiger partial charge is 0.363 e. The molecule has 0 spiro atoms. The molecule has 0 N–H and O–H groups in total. The van der Waals surface area contributed by atoms with Crippen molar-refractivity contribution in [2.75, 3.05) is 0 Å². The Bertz CT molecular complexity index is 536. The van der Waals surface area contributed by atoms with Gasteiger partial charge in [-0.25, -0.2) is 9.79 Å². The highest BCUT2D eigenvalue weighted by atomic mass is 35.5. The van der Waals surface area contributed by atoms with E-state index in [4.69, 9.17) is 16.3 Å². The van der Waals surface area contributed by atoms with Gasteiger partial charge in [0.1, 0.15) is 0 Å². The lowest BCUT2D eigenvalue weighted by Crippen LogP contribution is -2.21. The van der Waals surface area contributed by atoms with Gasteiger partial charge >= 0.3 is 5.97 Å². The molecule has 0 aliphatic carbocycles. The second kappa shape index (κ2) is 4.58. The number of aliphatic imine (C=N–C) groups is 1. The minimum absolute atomic E-state index is 0.273. The Kier molecular flexibility index (Phi) is 3.26. The van der Waals surface area contributed by atoms with Crippen molar-refractivity contribution in [3.63, 3.8) is 0 Å². The third-order valence-corrected chi connectivity index (χ3v) is 2.69. The molecule has 0 saturated carbocycles. The van der Waals surface area contributed by atoms with Gasteiger partial charge in [-0.1, -0.05) is 44.5 Å². The summed E-state index contributed by atoms with van der Waals surface area (Å²) in [5.41, 5.74) is 0.915. The van der Waals surface area contributed by atoms with Crippen molar-refractivity contribution < 1.29 is 9.53 Å². The van der Waals surface area contributed by atoms with Gasteiger partial charge in [-0.2, -0.15) is 0 Å². The first-order valence-corrected chi connectivity index (χ1v) is 6.03. The SMILES string of the molecule is CC(C)(C)C1=N/C(=C/c2ccc(Cl)cc2)C(=O)O1. The maximum absolute atomic E-state index is 11.7. The molecule has 0 bridgehead atoms. The molecule has 18 heavy (non-hydrogen) atoms. The van der Waals surface area contributed by atoms with Crippen LogP contribution in [0.4, 0.5) is 0 Å². The fourth-order valence-electron chi connectivity index (χ4n) is 1.45. The number of cyclic esters (lactones) is 1. The van der Waals surface area contributed by atoms with Gasteiger partial charge < -0.3 is 4.74 Å². The summed E-state index contributed by atoms with van der Waals surface area (Å²) in [5, 5.41) is 0.657. The number of carbonyl (C=O) groups is 1. The molecule has 94 valence electrons. The lowest BCUT2D eigenvalue weighted by atomic mass is 9.97. The van der Waals surface area contributed by atoms with Crippen LogP contribution < -0.4 is 0 Å². The Hall–Kier alpha value is -1.61. The summed E-state index contributed by atoms with van der Waals surface area (Å²) in [6.45, 7) is 5.85. The van der Waals surface area contributed by atoms with Crippen molar-refractivity contribution in [2.45, 2.75) is 20.8 Å². The molecule has 0 aromatic heterocycles. The maximum Gasteiger partial charge on any atom is 0.363 e. The van der Waals surface area contributed by atoms with Crippen LogP contribution in [0.2, 0.25) is 5.02 Å². The molecule has 3 nitrogen and oxygen atoms in total. The molecule has 0 saturated heterocycles. The van der Waals surface area contributed by atoms with Crippen LogP contribution in [0.1, 0.15) is 26.3 Å². The van der Waals surface area contributed by atoms with Crippen molar-refractivity contribution in [1.29, 1.82) is 0 Å². The van der Waals surface area contributed by atoms with Gasteiger partial charge in [-0.05, 0) is 23.8 Å². The number of nitrogens with zero attached hydrogens (tertiary/aromatic N) is 1. The predicted molar refractivity (Wildman–Crippen MR) is 72.4 cm³/mol. The Balaban J connectivity index is 2.31. The minimum Gasteiger partial charge on any atom is -0.406 e. The van der Waals surface area contributed by atoms with Crippen LogP contribution in [-0.2, 0) is 9.53 Å². The standard InChI is InChI=1S/C14H14ClNO2/c1-14(2,3)13-16-11(12(17)18-13)8-9-4-6-10(15)7-5-9/h4-8H,1-3H3/b11-8+. The molecule has 0 radical (unpaired) electrons.